The number of carbonyl (C=O) groups is 1. The quantitative estimate of drug-likeness (QED) is 0.830. The van der Waals surface area contributed by atoms with E-state index in [0.717, 1.165) is 0 Å². The Hall–Kier alpha value is -1.96. The lowest BCUT2D eigenvalue weighted by Gasteiger charge is -2.31. The van der Waals surface area contributed by atoms with Crippen LogP contribution in [0.1, 0.15) is 12.6 Å². The summed E-state index contributed by atoms with van der Waals surface area (Å²) in [4.78, 5) is 21.0. The first kappa shape index (κ1) is 15.9. The normalized spacial score (nSPS) is 20.2. The highest BCUT2D eigenvalue weighted by molar-refractivity contribution is 6.69. The van der Waals surface area contributed by atoms with Crippen molar-refractivity contribution < 1.29 is 14.6 Å². The SMILES string of the molecule is CCOC(=O)C1(O)C(Cl)=NN(C)c2nc3ccc(Cl)cc3nc21. The molecule has 2 heterocycles. The van der Waals surface area contributed by atoms with E-state index in [9.17, 15) is 9.90 Å². The van der Waals surface area contributed by atoms with Gasteiger partial charge in [0.05, 0.1) is 17.6 Å². The number of aromatic nitrogens is 2. The first-order chi connectivity index (χ1) is 10.9. The molecule has 0 radical (unpaired) electrons. The van der Waals surface area contributed by atoms with Crippen LogP contribution in [-0.2, 0) is 15.1 Å². The molecular formula is C14H12Cl2N4O3. The summed E-state index contributed by atoms with van der Waals surface area (Å²) in [6, 6.07) is 4.93. The summed E-state index contributed by atoms with van der Waals surface area (Å²) in [7, 11) is 1.59. The Bertz CT molecular complexity index is 842. The molecule has 1 aromatic carbocycles. The third-order valence-electron chi connectivity index (χ3n) is 3.36. The molecule has 2 aromatic rings. The van der Waals surface area contributed by atoms with Crippen molar-refractivity contribution in [1.29, 1.82) is 0 Å². The smallest absolute Gasteiger partial charge is 0.352 e. The van der Waals surface area contributed by atoms with Crippen molar-refractivity contribution in [1.82, 2.24) is 9.97 Å². The van der Waals surface area contributed by atoms with Crippen molar-refractivity contribution in [2.24, 2.45) is 5.10 Å². The molecule has 0 saturated carbocycles. The lowest BCUT2D eigenvalue weighted by Crippen LogP contribution is -2.48. The van der Waals surface area contributed by atoms with Gasteiger partial charge in [-0.1, -0.05) is 23.2 Å². The average molecular weight is 355 g/mol. The van der Waals surface area contributed by atoms with Crippen molar-refractivity contribution in [3.8, 4) is 0 Å². The molecule has 120 valence electrons. The van der Waals surface area contributed by atoms with E-state index < -0.39 is 11.6 Å². The van der Waals surface area contributed by atoms with Gasteiger partial charge >= 0.3 is 5.97 Å². The Kier molecular flexibility index (Phi) is 3.87. The number of carbonyl (C=O) groups excluding carboxylic acids is 1. The van der Waals surface area contributed by atoms with E-state index in [1.807, 2.05) is 0 Å². The van der Waals surface area contributed by atoms with Crippen LogP contribution in [-0.4, -0.2) is 39.9 Å². The number of hydrogen-bond acceptors (Lipinski definition) is 7. The molecule has 0 spiro atoms. The number of benzene rings is 1. The van der Waals surface area contributed by atoms with Crippen LogP contribution in [0.4, 0.5) is 5.82 Å². The Morgan fingerprint density at radius 3 is 2.78 bits per heavy atom. The summed E-state index contributed by atoms with van der Waals surface area (Å²) in [6.07, 6.45) is 0. The van der Waals surface area contributed by atoms with Gasteiger partial charge in [-0.3, -0.25) is 0 Å². The van der Waals surface area contributed by atoms with Crippen LogP contribution in [0, 0.1) is 0 Å². The van der Waals surface area contributed by atoms with Gasteiger partial charge in [0, 0.05) is 12.1 Å². The van der Waals surface area contributed by atoms with Gasteiger partial charge < -0.3 is 9.84 Å². The zero-order chi connectivity index (χ0) is 16.8. The van der Waals surface area contributed by atoms with E-state index in [2.05, 4.69) is 15.1 Å². The highest BCUT2D eigenvalue weighted by Gasteiger charge is 2.51. The van der Waals surface area contributed by atoms with Crippen LogP contribution in [0.2, 0.25) is 5.02 Å². The molecule has 0 bridgehead atoms. The van der Waals surface area contributed by atoms with Gasteiger partial charge in [0.25, 0.3) is 5.60 Å². The molecule has 0 amide bonds. The fourth-order valence-electron chi connectivity index (χ4n) is 2.25. The summed E-state index contributed by atoms with van der Waals surface area (Å²) in [5.41, 5.74) is -1.39. The van der Waals surface area contributed by atoms with Crippen molar-refractivity contribution >= 4 is 51.2 Å². The second kappa shape index (κ2) is 5.59. The fourth-order valence-corrected chi connectivity index (χ4v) is 2.70. The zero-order valence-corrected chi connectivity index (χ0v) is 13.8. The first-order valence-corrected chi connectivity index (χ1v) is 7.49. The lowest BCUT2D eigenvalue weighted by molar-refractivity contribution is -0.158. The van der Waals surface area contributed by atoms with Crippen molar-refractivity contribution in [2.45, 2.75) is 12.5 Å². The number of hydrogen-bond donors (Lipinski definition) is 1. The van der Waals surface area contributed by atoms with E-state index >= 15 is 0 Å². The van der Waals surface area contributed by atoms with E-state index in [-0.39, 0.29) is 23.3 Å². The number of ether oxygens (including phenoxy) is 1. The maximum absolute atomic E-state index is 12.3. The number of esters is 1. The predicted molar refractivity (Wildman–Crippen MR) is 86.8 cm³/mol. The van der Waals surface area contributed by atoms with Crippen LogP contribution < -0.4 is 5.01 Å². The van der Waals surface area contributed by atoms with E-state index in [1.165, 1.54) is 5.01 Å². The van der Waals surface area contributed by atoms with Crippen molar-refractivity contribution in [3.05, 3.63) is 28.9 Å². The van der Waals surface area contributed by atoms with Gasteiger partial charge in [-0.15, -0.1) is 0 Å². The molecule has 1 aromatic heterocycles. The molecule has 3 rings (SSSR count). The Labute approximate surface area is 141 Å². The van der Waals surface area contributed by atoms with Gasteiger partial charge in [-0.25, -0.2) is 19.8 Å². The minimum atomic E-state index is -2.30. The summed E-state index contributed by atoms with van der Waals surface area (Å²) in [5, 5.41) is 16.2. The number of aliphatic hydroxyl groups is 1. The highest BCUT2D eigenvalue weighted by atomic mass is 35.5. The monoisotopic (exact) mass is 354 g/mol. The number of halogens is 2. The Morgan fingerprint density at radius 1 is 1.35 bits per heavy atom. The summed E-state index contributed by atoms with van der Waals surface area (Å²) in [5.74, 6) is -0.751. The zero-order valence-electron chi connectivity index (χ0n) is 12.2. The number of nitrogens with zero attached hydrogens (tertiary/aromatic N) is 4. The van der Waals surface area contributed by atoms with Crippen LogP contribution in [0.15, 0.2) is 23.3 Å². The average Bonchev–Trinajstić information content (AvgIpc) is 2.51. The molecule has 0 saturated heterocycles. The van der Waals surface area contributed by atoms with Crippen LogP contribution in [0.5, 0.6) is 0 Å². The molecule has 23 heavy (non-hydrogen) atoms. The molecule has 1 aliphatic heterocycles. The highest BCUT2D eigenvalue weighted by Crippen LogP contribution is 2.37. The Balaban J connectivity index is 2.29. The minimum Gasteiger partial charge on any atom is -0.463 e. The number of anilines is 1. The molecule has 0 fully saturated rings. The molecule has 1 atom stereocenters. The molecular weight excluding hydrogens is 343 g/mol. The van der Waals surface area contributed by atoms with Crippen LogP contribution >= 0.6 is 23.2 Å². The number of fused-ring (bicyclic) bond motifs is 2. The third kappa shape index (κ3) is 2.41. The van der Waals surface area contributed by atoms with Gasteiger partial charge in [-0.2, -0.15) is 5.10 Å². The standard InChI is InChI=1S/C14H12Cl2N4O3/c1-3-23-13(21)14(22)10-11(20(2)19-12(14)16)18-8-5-4-7(15)6-9(8)17-10/h4-6,22H,3H2,1-2H3. The molecule has 9 heteroatoms. The molecule has 1 unspecified atom stereocenters. The van der Waals surface area contributed by atoms with Crippen LogP contribution in [0.25, 0.3) is 11.0 Å². The second-order valence-electron chi connectivity index (χ2n) is 4.87. The first-order valence-electron chi connectivity index (χ1n) is 6.73. The largest absolute Gasteiger partial charge is 0.463 e. The fraction of sp³-hybridized carbons (Fsp3) is 0.286. The molecule has 7 nitrogen and oxygen atoms in total. The van der Waals surface area contributed by atoms with E-state index in [1.54, 1.807) is 32.2 Å². The lowest BCUT2D eigenvalue weighted by atomic mass is 9.99. The topological polar surface area (TPSA) is 87.9 Å². The molecule has 1 aliphatic rings. The summed E-state index contributed by atoms with van der Waals surface area (Å²) >= 11 is 12.0. The van der Waals surface area contributed by atoms with Gasteiger partial charge in [0.2, 0.25) is 0 Å². The predicted octanol–water partition coefficient (Wildman–Crippen LogP) is 2.04. The maximum Gasteiger partial charge on any atom is 0.352 e. The molecule has 0 aliphatic carbocycles. The van der Waals surface area contributed by atoms with Crippen molar-refractivity contribution in [2.75, 3.05) is 18.7 Å². The minimum absolute atomic E-state index is 0.0479. The number of hydrazone groups is 1. The van der Waals surface area contributed by atoms with Gasteiger partial charge in [0.15, 0.2) is 11.0 Å². The Morgan fingerprint density at radius 2 is 2.09 bits per heavy atom. The maximum atomic E-state index is 12.3. The second-order valence-corrected chi connectivity index (χ2v) is 5.67. The van der Waals surface area contributed by atoms with Gasteiger partial charge in [-0.05, 0) is 25.1 Å². The van der Waals surface area contributed by atoms with Crippen molar-refractivity contribution in [3.63, 3.8) is 0 Å². The molecule has 1 N–H and O–H groups in total. The summed E-state index contributed by atoms with van der Waals surface area (Å²) in [6.45, 7) is 1.69. The summed E-state index contributed by atoms with van der Waals surface area (Å²) < 4.78 is 4.92. The van der Waals surface area contributed by atoms with E-state index in [0.29, 0.717) is 16.1 Å². The number of rotatable bonds is 2. The van der Waals surface area contributed by atoms with E-state index in [4.69, 9.17) is 27.9 Å². The third-order valence-corrected chi connectivity index (χ3v) is 3.95. The van der Waals surface area contributed by atoms with Gasteiger partial charge in [0.1, 0.15) is 5.69 Å². The van der Waals surface area contributed by atoms with Crippen LogP contribution in [0.3, 0.4) is 0 Å².